The van der Waals surface area contributed by atoms with E-state index in [1.165, 1.54) is 69.1 Å². The number of carbonyl (C=O) groups excluding carboxylic acids is 1. The fraction of sp³-hybridized carbons (Fsp3) is 0.300. The van der Waals surface area contributed by atoms with E-state index >= 15 is 0 Å². The molecule has 2 heterocycles. The summed E-state index contributed by atoms with van der Waals surface area (Å²) in [4.78, 5) is 16.0. The highest BCUT2D eigenvalue weighted by Crippen LogP contribution is 2.59. The fourth-order valence-electron chi connectivity index (χ4n) is 13.2. The molecule has 1 saturated carbocycles. The molecular formula is C70H67F3N2O3. The van der Waals surface area contributed by atoms with Crippen molar-refractivity contribution in [1.82, 2.24) is 0 Å². The van der Waals surface area contributed by atoms with Crippen molar-refractivity contribution in [3.63, 3.8) is 0 Å². The highest BCUT2D eigenvalue weighted by Gasteiger charge is 2.45. The Bertz CT molecular complexity index is 3550. The van der Waals surface area contributed by atoms with Crippen molar-refractivity contribution >= 4 is 34.1 Å². The van der Waals surface area contributed by atoms with Crippen LogP contribution in [0.1, 0.15) is 133 Å². The Morgan fingerprint density at radius 2 is 1.40 bits per heavy atom. The molecule has 1 atom stereocenters. The molecule has 8 heteroatoms. The highest BCUT2D eigenvalue weighted by atomic mass is 19.4. The molecule has 1 saturated heterocycles. The average molecular weight is 1040 g/mol. The van der Waals surface area contributed by atoms with E-state index in [0.29, 0.717) is 46.9 Å². The third-order valence-electron chi connectivity index (χ3n) is 17.6. The van der Waals surface area contributed by atoms with Crippen molar-refractivity contribution in [3.05, 3.63) is 214 Å². The summed E-state index contributed by atoms with van der Waals surface area (Å²) >= 11 is 0. The first-order chi connectivity index (χ1) is 37.8. The Balaban J connectivity index is 0.823. The first-order valence-electron chi connectivity index (χ1n) is 28.1. The second-order valence-electron chi connectivity index (χ2n) is 22.7. The Labute approximate surface area is 457 Å². The molecule has 396 valence electrons. The summed E-state index contributed by atoms with van der Waals surface area (Å²) in [6, 6.07) is 51.7. The zero-order valence-electron chi connectivity index (χ0n) is 45.1. The molecule has 1 amide bonds. The summed E-state index contributed by atoms with van der Waals surface area (Å²) in [5.74, 6) is 1.78. The minimum absolute atomic E-state index is 0.185. The van der Waals surface area contributed by atoms with E-state index in [1.54, 1.807) is 6.07 Å². The van der Waals surface area contributed by atoms with Crippen LogP contribution in [0.25, 0.3) is 50.2 Å². The number of alkyl halides is 3. The number of halogens is 3. The van der Waals surface area contributed by atoms with E-state index in [0.717, 1.165) is 91.5 Å². The van der Waals surface area contributed by atoms with Gasteiger partial charge in [-0.25, -0.2) is 0 Å². The predicted molar refractivity (Wildman–Crippen MR) is 312 cm³/mol. The van der Waals surface area contributed by atoms with E-state index < -0.39 is 22.8 Å². The van der Waals surface area contributed by atoms with Crippen LogP contribution in [0.15, 0.2) is 164 Å². The maximum Gasteiger partial charge on any atom is 0.416 e. The first-order valence-corrected chi connectivity index (χ1v) is 28.1. The monoisotopic (exact) mass is 1040 g/mol. The number of benzene rings is 8. The molecule has 2 aliphatic carbocycles. The van der Waals surface area contributed by atoms with Crippen molar-refractivity contribution in [2.45, 2.75) is 102 Å². The number of nitrogens with zero attached hydrogens (tertiary/aromatic N) is 1. The van der Waals surface area contributed by atoms with Crippen LogP contribution in [-0.4, -0.2) is 32.2 Å². The second kappa shape index (κ2) is 20.8. The number of carbonyl (C=O) groups is 1. The van der Waals surface area contributed by atoms with E-state index in [9.17, 15) is 18.0 Å². The third-order valence-corrected chi connectivity index (χ3v) is 17.6. The normalized spacial score (nSPS) is 19.4. The Morgan fingerprint density at radius 1 is 0.705 bits per heavy atom. The minimum atomic E-state index is -4.58. The molecule has 0 radical (unpaired) electrons. The number of morpholine rings is 1. The summed E-state index contributed by atoms with van der Waals surface area (Å²) < 4.78 is 57.4. The van der Waals surface area contributed by atoms with Crippen LogP contribution >= 0.6 is 0 Å². The minimum Gasteiger partial charge on any atom is -0.472 e. The standard InChI is InChI=1S/C70H67F3N2O3/c1-5-6-8-11-46-14-16-47(17-15-46)48-18-20-49(21-19-48)50-22-24-51(25-23-50)67(76)74-56-30-34-58(45(2)42-56)52-26-35-63-62(43-52)64-59-33-29-55(70(71,72)73)44-61(59)66-60(65(64)68(63,3)4)36-37-69(78-66,53-12-9-7-10-13-53)54-27-31-57(32-28-54)75-38-40-77-41-39-75/h7,9-10,12-13,18-37,42-44,46-47H,5-6,8,11,14-17,38-41H2,1-4H3,(H,74,76). The van der Waals surface area contributed by atoms with Gasteiger partial charge in [0.1, 0.15) is 5.75 Å². The lowest BCUT2D eigenvalue weighted by Gasteiger charge is -2.39. The summed E-state index contributed by atoms with van der Waals surface area (Å²) in [5, 5.41) is 4.23. The topological polar surface area (TPSA) is 50.8 Å². The van der Waals surface area contributed by atoms with E-state index in [2.05, 4.69) is 110 Å². The van der Waals surface area contributed by atoms with Gasteiger partial charge < -0.3 is 19.7 Å². The smallest absolute Gasteiger partial charge is 0.416 e. The van der Waals surface area contributed by atoms with Gasteiger partial charge in [-0.2, -0.15) is 13.2 Å². The summed E-state index contributed by atoms with van der Waals surface area (Å²) in [6.07, 6.45) is 10.2. The average Bonchev–Trinajstić information content (AvgIpc) is 3.48. The molecule has 78 heavy (non-hydrogen) atoms. The fourth-order valence-corrected chi connectivity index (χ4v) is 13.2. The number of ether oxygens (including phenoxy) is 2. The number of nitrogens with one attached hydrogen (secondary N) is 1. The van der Waals surface area contributed by atoms with Gasteiger partial charge in [-0.15, -0.1) is 0 Å². The maximum atomic E-state index is 14.8. The number of amides is 1. The van der Waals surface area contributed by atoms with Gasteiger partial charge in [0.25, 0.3) is 5.91 Å². The summed E-state index contributed by atoms with van der Waals surface area (Å²) in [7, 11) is 0. The lowest BCUT2D eigenvalue weighted by molar-refractivity contribution is -0.137. The van der Waals surface area contributed by atoms with Crippen LogP contribution in [0.5, 0.6) is 5.75 Å². The second-order valence-corrected chi connectivity index (χ2v) is 22.7. The van der Waals surface area contributed by atoms with Crippen molar-refractivity contribution in [2.75, 3.05) is 36.5 Å². The number of anilines is 2. The highest BCUT2D eigenvalue weighted by molar-refractivity contribution is 6.09. The molecule has 0 bridgehead atoms. The quantitative estimate of drug-likeness (QED) is 0.124. The maximum absolute atomic E-state index is 14.8. The summed E-state index contributed by atoms with van der Waals surface area (Å²) in [6.45, 7) is 11.6. The van der Waals surface area contributed by atoms with E-state index in [-0.39, 0.29) is 5.91 Å². The van der Waals surface area contributed by atoms with Crippen molar-refractivity contribution in [3.8, 4) is 39.1 Å². The molecule has 2 fully saturated rings. The van der Waals surface area contributed by atoms with Crippen molar-refractivity contribution < 1.29 is 27.4 Å². The molecule has 4 aliphatic rings. The molecule has 0 aromatic heterocycles. The Morgan fingerprint density at radius 3 is 2.09 bits per heavy atom. The van der Waals surface area contributed by atoms with Crippen molar-refractivity contribution in [2.24, 2.45) is 5.92 Å². The first kappa shape index (κ1) is 51.3. The number of aryl methyl sites for hydroxylation is 1. The molecule has 8 aromatic carbocycles. The number of hydrogen-bond acceptors (Lipinski definition) is 4. The summed E-state index contributed by atoms with van der Waals surface area (Å²) in [5.41, 5.74) is 13.0. The van der Waals surface area contributed by atoms with Crippen LogP contribution in [0.2, 0.25) is 0 Å². The van der Waals surface area contributed by atoms with Crippen LogP contribution < -0.4 is 15.0 Å². The molecular weight excluding hydrogens is 974 g/mol. The number of unbranched alkanes of at least 4 members (excludes halogenated alkanes) is 2. The Hall–Kier alpha value is -7.42. The third kappa shape index (κ3) is 9.50. The van der Waals surface area contributed by atoms with Gasteiger partial charge in [-0.1, -0.05) is 156 Å². The lowest BCUT2D eigenvalue weighted by Crippen LogP contribution is -2.37. The molecule has 2 aliphatic heterocycles. The van der Waals surface area contributed by atoms with Gasteiger partial charge in [0.15, 0.2) is 5.60 Å². The van der Waals surface area contributed by atoms with Gasteiger partial charge in [0.05, 0.1) is 18.8 Å². The molecule has 5 nitrogen and oxygen atoms in total. The SMILES string of the molecule is CCCCCC1CCC(c2ccc(-c3ccc(C(=O)Nc4ccc(-c5ccc6c(c5)-c5c(c7c(c8cc(C(F)(F)F)ccc58)OC(c5ccccc5)(c5ccc(N8CCOCC8)cc5)C=C7)C6(C)C)c(C)c4)cc3)cc2)CC1. The zero-order chi connectivity index (χ0) is 53.8. The van der Waals surface area contributed by atoms with Gasteiger partial charge >= 0.3 is 6.18 Å². The van der Waals surface area contributed by atoms with E-state index in [4.69, 9.17) is 9.47 Å². The predicted octanol–water partition coefficient (Wildman–Crippen LogP) is 18.1. The lowest BCUT2D eigenvalue weighted by atomic mass is 9.76. The van der Waals surface area contributed by atoms with Crippen LogP contribution in [-0.2, 0) is 21.9 Å². The molecule has 0 spiro atoms. The number of rotatable bonds is 12. The van der Waals surface area contributed by atoms with E-state index in [1.807, 2.05) is 79.7 Å². The van der Waals surface area contributed by atoms with Gasteiger partial charge in [-0.05, 0) is 166 Å². The van der Waals surface area contributed by atoms with Crippen LogP contribution in [0.3, 0.4) is 0 Å². The number of fused-ring (bicyclic) bond motifs is 8. The largest absolute Gasteiger partial charge is 0.472 e. The van der Waals surface area contributed by atoms with Gasteiger partial charge in [0, 0.05) is 57.5 Å². The van der Waals surface area contributed by atoms with Crippen LogP contribution in [0, 0.1) is 12.8 Å². The number of hydrogen-bond donors (Lipinski definition) is 1. The van der Waals surface area contributed by atoms with Crippen molar-refractivity contribution in [1.29, 1.82) is 0 Å². The van der Waals surface area contributed by atoms with Gasteiger partial charge in [0.2, 0.25) is 0 Å². The van der Waals surface area contributed by atoms with Gasteiger partial charge in [-0.3, -0.25) is 4.79 Å². The molecule has 1 unspecified atom stereocenters. The molecule has 8 aromatic rings. The zero-order valence-corrected chi connectivity index (χ0v) is 45.1. The van der Waals surface area contributed by atoms with Crippen LogP contribution in [0.4, 0.5) is 24.5 Å². The molecule has 1 N–H and O–H groups in total. The molecule has 12 rings (SSSR count). The Kier molecular flexibility index (Phi) is 13.7.